The fourth-order valence-corrected chi connectivity index (χ4v) is 3.96. The summed E-state index contributed by atoms with van der Waals surface area (Å²) in [4.78, 5) is 20.3. The number of aryl methyl sites for hydroxylation is 1. The molecule has 20 heavy (non-hydrogen) atoms. The van der Waals surface area contributed by atoms with Crippen molar-refractivity contribution in [2.75, 3.05) is 0 Å². The van der Waals surface area contributed by atoms with E-state index < -0.39 is 0 Å². The van der Waals surface area contributed by atoms with Crippen LogP contribution in [-0.4, -0.2) is 15.8 Å². The lowest BCUT2D eigenvalue weighted by Gasteiger charge is -2.19. The van der Waals surface area contributed by atoms with Gasteiger partial charge in [0, 0.05) is 39.1 Å². The minimum absolute atomic E-state index is 0.0730. The smallest absolute Gasteiger partial charge is 0.167 e. The molecule has 3 aromatic rings. The van der Waals surface area contributed by atoms with Crippen molar-refractivity contribution in [1.82, 2.24) is 9.97 Å². The molecule has 0 saturated carbocycles. The molecule has 1 N–H and O–H groups in total. The van der Waals surface area contributed by atoms with Gasteiger partial charge in [-0.25, -0.2) is 4.98 Å². The Bertz CT molecular complexity index is 786. The standard InChI is InChI=1S/C16H14N2OS/c19-16(10-5-6-13-14(7-10)18-9-17-13)12-8-20-15-4-2-1-3-11(12)15/h1-4,8-10H,5-7H2,(H,17,18). The van der Waals surface area contributed by atoms with Crippen molar-refractivity contribution in [3.05, 3.63) is 52.9 Å². The number of carbonyl (C=O) groups is 1. The van der Waals surface area contributed by atoms with Crippen LogP contribution in [0.25, 0.3) is 10.1 Å². The Morgan fingerprint density at radius 1 is 1.35 bits per heavy atom. The number of hydrogen-bond acceptors (Lipinski definition) is 3. The van der Waals surface area contributed by atoms with Gasteiger partial charge in [0.2, 0.25) is 0 Å². The molecule has 1 atom stereocenters. The fourth-order valence-electron chi connectivity index (χ4n) is 3.01. The Balaban J connectivity index is 1.68. The summed E-state index contributed by atoms with van der Waals surface area (Å²) in [6, 6.07) is 8.13. The average Bonchev–Trinajstić information content (AvgIpc) is 3.12. The molecule has 1 aromatic carbocycles. The van der Waals surface area contributed by atoms with Crippen LogP contribution in [0.4, 0.5) is 0 Å². The number of hydrogen-bond donors (Lipinski definition) is 1. The van der Waals surface area contributed by atoms with Gasteiger partial charge in [0.05, 0.1) is 12.0 Å². The van der Waals surface area contributed by atoms with E-state index in [-0.39, 0.29) is 11.7 Å². The van der Waals surface area contributed by atoms with E-state index in [1.54, 1.807) is 17.7 Å². The van der Waals surface area contributed by atoms with Gasteiger partial charge in [0.25, 0.3) is 0 Å². The van der Waals surface area contributed by atoms with Gasteiger partial charge in [0.1, 0.15) is 0 Å². The largest absolute Gasteiger partial charge is 0.348 e. The van der Waals surface area contributed by atoms with E-state index in [1.165, 1.54) is 10.4 Å². The Hall–Kier alpha value is -1.94. The van der Waals surface area contributed by atoms with Gasteiger partial charge in [-0.05, 0) is 18.9 Å². The first-order chi connectivity index (χ1) is 9.83. The quantitative estimate of drug-likeness (QED) is 0.730. The van der Waals surface area contributed by atoms with Crippen LogP contribution in [0.3, 0.4) is 0 Å². The summed E-state index contributed by atoms with van der Waals surface area (Å²) >= 11 is 1.65. The monoisotopic (exact) mass is 282 g/mol. The number of aromatic amines is 1. The summed E-state index contributed by atoms with van der Waals surface area (Å²) in [5.41, 5.74) is 3.15. The van der Waals surface area contributed by atoms with E-state index in [0.29, 0.717) is 0 Å². The summed E-state index contributed by atoms with van der Waals surface area (Å²) < 4.78 is 1.19. The molecule has 0 spiro atoms. The Morgan fingerprint density at radius 2 is 2.25 bits per heavy atom. The SMILES string of the molecule is O=C(c1csc2ccccc12)C1CCc2[nH]cnc2C1. The predicted molar refractivity (Wildman–Crippen MR) is 80.3 cm³/mol. The van der Waals surface area contributed by atoms with Crippen LogP contribution in [-0.2, 0) is 12.8 Å². The normalized spacial score (nSPS) is 18.1. The van der Waals surface area contributed by atoms with Crippen molar-refractivity contribution >= 4 is 27.2 Å². The van der Waals surface area contributed by atoms with E-state index in [2.05, 4.69) is 16.0 Å². The second-order valence-electron chi connectivity index (χ2n) is 5.28. The molecule has 0 aliphatic heterocycles. The van der Waals surface area contributed by atoms with Crippen molar-refractivity contribution in [2.24, 2.45) is 5.92 Å². The number of aromatic nitrogens is 2. The Morgan fingerprint density at radius 3 is 3.20 bits per heavy atom. The number of nitrogens with one attached hydrogen (secondary N) is 1. The van der Waals surface area contributed by atoms with Crippen molar-refractivity contribution < 1.29 is 4.79 Å². The third-order valence-corrected chi connectivity index (χ3v) is 5.07. The maximum absolute atomic E-state index is 12.8. The molecule has 0 amide bonds. The number of benzene rings is 1. The van der Waals surface area contributed by atoms with Crippen molar-refractivity contribution in [3.63, 3.8) is 0 Å². The second kappa shape index (κ2) is 4.56. The number of fused-ring (bicyclic) bond motifs is 2. The van der Waals surface area contributed by atoms with E-state index in [0.717, 1.165) is 35.9 Å². The number of Topliss-reactive ketones (excluding diaryl/α,β-unsaturated/α-hetero) is 1. The zero-order chi connectivity index (χ0) is 13.5. The highest BCUT2D eigenvalue weighted by molar-refractivity contribution is 7.17. The first-order valence-electron chi connectivity index (χ1n) is 6.84. The maximum Gasteiger partial charge on any atom is 0.167 e. The van der Waals surface area contributed by atoms with Crippen molar-refractivity contribution in [3.8, 4) is 0 Å². The molecule has 1 aliphatic carbocycles. The summed E-state index contributed by atoms with van der Waals surface area (Å²) in [6.07, 6.45) is 4.34. The number of imidazole rings is 1. The van der Waals surface area contributed by atoms with Gasteiger partial charge >= 0.3 is 0 Å². The number of H-pyrrole nitrogens is 1. The molecule has 0 saturated heterocycles. The van der Waals surface area contributed by atoms with Crippen molar-refractivity contribution in [2.45, 2.75) is 19.3 Å². The van der Waals surface area contributed by atoms with E-state index in [9.17, 15) is 4.79 Å². The first kappa shape index (κ1) is 11.9. The topological polar surface area (TPSA) is 45.8 Å². The molecular formula is C16H14N2OS. The molecule has 4 heteroatoms. The zero-order valence-corrected chi connectivity index (χ0v) is 11.7. The Kier molecular flexibility index (Phi) is 2.70. The summed E-state index contributed by atoms with van der Waals surface area (Å²) in [5.74, 6) is 0.347. The van der Waals surface area contributed by atoms with Crippen LogP contribution < -0.4 is 0 Å². The van der Waals surface area contributed by atoms with Crippen LogP contribution in [0, 0.1) is 5.92 Å². The van der Waals surface area contributed by atoms with Crippen LogP contribution in [0.1, 0.15) is 28.2 Å². The molecule has 2 heterocycles. The maximum atomic E-state index is 12.8. The summed E-state index contributed by atoms with van der Waals surface area (Å²) in [7, 11) is 0. The van der Waals surface area contributed by atoms with E-state index >= 15 is 0 Å². The highest BCUT2D eigenvalue weighted by Gasteiger charge is 2.28. The number of thiophene rings is 1. The second-order valence-corrected chi connectivity index (χ2v) is 6.19. The van der Waals surface area contributed by atoms with E-state index in [4.69, 9.17) is 0 Å². The molecule has 3 nitrogen and oxygen atoms in total. The molecule has 4 rings (SSSR count). The third kappa shape index (κ3) is 1.79. The highest BCUT2D eigenvalue weighted by Crippen LogP contribution is 2.31. The third-order valence-electron chi connectivity index (χ3n) is 4.11. The molecule has 0 bridgehead atoms. The zero-order valence-electron chi connectivity index (χ0n) is 10.9. The lowest BCUT2D eigenvalue weighted by molar-refractivity contribution is 0.0910. The first-order valence-corrected chi connectivity index (χ1v) is 7.72. The van der Waals surface area contributed by atoms with Gasteiger partial charge in [-0.3, -0.25) is 4.79 Å². The molecule has 2 aromatic heterocycles. The van der Waals surface area contributed by atoms with Gasteiger partial charge in [-0.1, -0.05) is 18.2 Å². The van der Waals surface area contributed by atoms with Gasteiger partial charge < -0.3 is 4.98 Å². The van der Waals surface area contributed by atoms with Gasteiger partial charge in [-0.15, -0.1) is 11.3 Å². The predicted octanol–water partition coefficient (Wildman–Crippen LogP) is 3.61. The van der Waals surface area contributed by atoms with E-state index in [1.807, 2.05) is 23.6 Å². The highest BCUT2D eigenvalue weighted by atomic mass is 32.1. The molecule has 1 unspecified atom stereocenters. The number of ketones is 1. The molecule has 0 radical (unpaired) electrons. The number of carbonyl (C=O) groups excluding carboxylic acids is 1. The summed E-state index contributed by atoms with van der Waals surface area (Å²) in [6.45, 7) is 0. The van der Waals surface area contributed by atoms with Crippen LogP contribution in [0.2, 0.25) is 0 Å². The average molecular weight is 282 g/mol. The fraction of sp³-hybridized carbons (Fsp3) is 0.250. The Labute approximate surface area is 120 Å². The minimum Gasteiger partial charge on any atom is -0.348 e. The summed E-state index contributed by atoms with van der Waals surface area (Å²) in [5, 5.41) is 3.10. The number of rotatable bonds is 2. The molecule has 0 fully saturated rings. The van der Waals surface area contributed by atoms with Crippen LogP contribution >= 0.6 is 11.3 Å². The molecule has 1 aliphatic rings. The van der Waals surface area contributed by atoms with Gasteiger partial charge in [0.15, 0.2) is 5.78 Å². The lowest BCUT2D eigenvalue weighted by Crippen LogP contribution is -2.22. The van der Waals surface area contributed by atoms with Crippen molar-refractivity contribution in [1.29, 1.82) is 0 Å². The van der Waals surface area contributed by atoms with Gasteiger partial charge in [-0.2, -0.15) is 0 Å². The number of nitrogens with zero attached hydrogens (tertiary/aromatic N) is 1. The molecular weight excluding hydrogens is 268 g/mol. The van der Waals surface area contributed by atoms with Crippen LogP contribution in [0.15, 0.2) is 36.0 Å². The minimum atomic E-state index is 0.0730. The molecule has 100 valence electrons. The van der Waals surface area contributed by atoms with Crippen LogP contribution in [0.5, 0.6) is 0 Å². The lowest BCUT2D eigenvalue weighted by atomic mass is 9.84.